The van der Waals surface area contributed by atoms with Gasteiger partial charge in [0.25, 0.3) is 5.91 Å². The highest BCUT2D eigenvalue weighted by molar-refractivity contribution is 6.24. The quantitative estimate of drug-likeness (QED) is 0.350. The van der Waals surface area contributed by atoms with Crippen LogP contribution in [0.3, 0.4) is 0 Å². The Labute approximate surface area is 216 Å². The number of nitrogens with two attached hydrogens (primary N) is 1. The largest absolute Gasteiger partial charge is 0.508 e. The van der Waals surface area contributed by atoms with Crippen LogP contribution in [0.2, 0.25) is 0 Å². The van der Waals surface area contributed by atoms with Gasteiger partial charge in [0.1, 0.15) is 34.8 Å². The lowest BCUT2D eigenvalue weighted by molar-refractivity contribution is -0.153. The molecule has 0 radical (unpaired) electrons. The first-order chi connectivity index (χ1) is 17.8. The number of Topliss-reactive ketones (excluding diaryl/α,β-unsaturated/α-hetero) is 2. The molecule has 5 atom stereocenters. The Morgan fingerprint density at radius 1 is 1.26 bits per heavy atom. The van der Waals surface area contributed by atoms with Crippen molar-refractivity contribution in [2.75, 3.05) is 27.2 Å². The maximum Gasteiger partial charge on any atom is 0.255 e. The molecule has 0 aromatic heterocycles. The Morgan fingerprint density at radius 2 is 1.95 bits per heavy atom. The number of likely N-dealkylation sites (tertiary alicyclic amines) is 1. The van der Waals surface area contributed by atoms with Crippen LogP contribution in [0.1, 0.15) is 29.5 Å². The predicted octanol–water partition coefficient (Wildman–Crippen LogP) is 0.647. The molecule has 10 nitrogen and oxygen atoms in total. The number of rotatable bonds is 4. The standard InChI is InChI=1S/C26H29F2N3O7/c1-30(2)20-14-6-10-5-13-17(15(32)7-11(19(13)28)8-31-4-3-12(27)9-31)21(33)16(10)23(35)26(14,38)24(36)18(22(20)34)25(29)37/h7,10,12,14,20,32-33,36,38H,3-6,8-9H2,1-2H3,(H2,29,37)/t10-,12-,14-,20-,26-/m0/s1. The van der Waals surface area contributed by atoms with Crippen LogP contribution in [0.15, 0.2) is 23.0 Å². The molecule has 204 valence electrons. The van der Waals surface area contributed by atoms with Gasteiger partial charge in [0.15, 0.2) is 11.4 Å². The topological polar surface area (TPSA) is 165 Å². The third-order valence-corrected chi connectivity index (χ3v) is 8.34. The number of alkyl halides is 1. The predicted molar refractivity (Wildman–Crippen MR) is 129 cm³/mol. The van der Waals surface area contributed by atoms with Gasteiger partial charge in [-0.2, -0.15) is 0 Å². The lowest BCUT2D eigenvalue weighted by atomic mass is 9.57. The second-order valence-electron chi connectivity index (χ2n) is 10.8. The van der Waals surface area contributed by atoms with Gasteiger partial charge >= 0.3 is 0 Å². The van der Waals surface area contributed by atoms with E-state index in [1.54, 1.807) is 4.90 Å². The van der Waals surface area contributed by atoms with Crippen LogP contribution in [-0.2, 0) is 27.3 Å². The maximum absolute atomic E-state index is 15.7. The number of nitrogens with zero attached hydrogens (tertiary/aromatic N) is 2. The number of aliphatic hydroxyl groups is 3. The summed E-state index contributed by atoms with van der Waals surface area (Å²) in [6.45, 7) is 0.603. The van der Waals surface area contributed by atoms with Crippen molar-refractivity contribution in [2.45, 2.75) is 43.6 Å². The van der Waals surface area contributed by atoms with Gasteiger partial charge in [-0.05, 0) is 45.3 Å². The first kappa shape index (κ1) is 26.3. The molecule has 6 N–H and O–H groups in total. The second-order valence-corrected chi connectivity index (χ2v) is 10.8. The molecule has 3 aliphatic carbocycles. The normalized spacial score (nSPS) is 31.5. The van der Waals surface area contributed by atoms with Crippen molar-refractivity contribution < 1.29 is 43.6 Å². The number of phenolic OH excluding ortho intramolecular Hbond substituents is 1. The smallest absolute Gasteiger partial charge is 0.255 e. The van der Waals surface area contributed by atoms with Crippen molar-refractivity contribution in [1.29, 1.82) is 0 Å². The molecule has 0 unspecified atom stereocenters. The Kier molecular flexibility index (Phi) is 6.12. The number of carbonyl (C=O) groups is 3. The van der Waals surface area contributed by atoms with Gasteiger partial charge in [0.05, 0.1) is 11.6 Å². The number of carbonyl (C=O) groups excluding carboxylic acids is 3. The SMILES string of the molecule is CN(C)[C@@H]1C(=O)C(C(N)=O)=C(O)[C@@]2(O)C(=O)C3=C(O)c4c(O)cc(CN5CC[C@H](F)C5)c(F)c4C[C@H]3C[C@@H]12. The van der Waals surface area contributed by atoms with Crippen LogP contribution in [-0.4, -0.2) is 92.7 Å². The summed E-state index contributed by atoms with van der Waals surface area (Å²) in [6, 6.07) is -0.105. The summed E-state index contributed by atoms with van der Waals surface area (Å²) in [5.41, 5.74) is 1.05. The fourth-order valence-electron chi connectivity index (χ4n) is 6.63. The average molecular weight is 534 g/mol. The van der Waals surface area contributed by atoms with E-state index in [1.165, 1.54) is 19.0 Å². The molecular weight excluding hydrogens is 504 g/mol. The van der Waals surface area contributed by atoms with E-state index >= 15 is 4.39 Å². The van der Waals surface area contributed by atoms with Crippen LogP contribution in [0.25, 0.3) is 5.76 Å². The van der Waals surface area contributed by atoms with Crippen LogP contribution in [0.4, 0.5) is 8.78 Å². The third kappa shape index (κ3) is 3.57. The van der Waals surface area contributed by atoms with Crippen LogP contribution in [0, 0.1) is 17.7 Å². The Hall–Kier alpha value is -3.35. The molecule has 1 aromatic carbocycles. The second kappa shape index (κ2) is 8.85. The number of likely N-dealkylation sites (N-methyl/N-ethyl adjacent to an activating group) is 1. The summed E-state index contributed by atoms with van der Waals surface area (Å²) >= 11 is 0. The fourth-order valence-corrected chi connectivity index (χ4v) is 6.63. The van der Waals surface area contributed by atoms with Crippen molar-refractivity contribution in [3.63, 3.8) is 0 Å². The number of primary amides is 1. The minimum atomic E-state index is -2.75. The fraction of sp³-hybridized carbons (Fsp3) is 0.500. The number of ketones is 2. The first-order valence-electron chi connectivity index (χ1n) is 12.3. The molecule has 0 spiro atoms. The lowest BCUT2D eigenvalue weighted by Gasteiger charge is -2.50. The van der Waals surface area contributed by atoms with Gasteiger partial charge < -0.3 is 26.2 Å². The van der Waals surface area contributed by atoms with Gasteiger partial charge in [-0.15, -0.1) is 0 Å². The van der Waals surface area contributed by atoms with Crippen molar-refractivity contribution in [3.05, 3.63) is 45.5 Å². The molecular formula is C26H29F2N3O7. The number of fused-ring (bicyclic) bond motifs is 3. The minimum Gasteiger partial charge on any atom is -0.508 e. The molecule has 2 fully saturated rings. The highest BCUT2D eigenvalue weighted by Crippen LogP contribution is 2.53. The minimum absolute atomic E-state index is 0.0402. The van der Waals surface area contributed by atoms with Gasteiger partial charge in [0, 0.05) is 42.3 Å². The van der Waals surface area contributed by atoms with E-state index in [0.717, 1.165) is 6.07 Å². The summed E-state index contributed by atoms with van der Waals surface area (Å²) in [7, 11) is 3.00. The van der Waals surface area contributed by atoms with E-state index in [2.05, 4.69) is 0 Å². The number of hydrogen-bond acceptors (Lipinski definition) is 9. The van der Waals surface area contributed by atoms with E-state index in [0.29, 0.717) is 13.0 Å². The van der Waals surface area contributed by atoms with Gasteiger partial charge in [-0.25, -0.2) is 8.78 Å². The number of halogens is 2. The molecule has 12 heteroatoms. The maximum atomic E-state index is 15.7. The van der Waals surface area contributed by atoms with E-state index in [4.69, 9.17) is 5.73 Å². The van der Waals surface area contributed by atoms with E-state index in [9.17, 15) is 39.2 Å². The zero-order valence-electron chi connectivity index (χ0n) is 20.9. The van der Waals surface area contributed by atoms with Crippen molar-refractivity contribution in [1.82, 2.24) is 9.80 Å². The molecule has 1 aromatic rings. The summed E-state index contributed by atoms with van der Waals surface area (Å²) in [4.78, 5) is 42.0. The molecule has 5 rings (SSSR count). The summed E-state index contributed by atoms with van der Waals surface area (Å²) in [6.07, 6.45) is -0.974. The lowest BCUT2D eigenvalue weighted by Crippen LogP contribution is -2.65. The van der Waals surface area contributed by atoms with E-state index in [-0.39, 0.29) is 48.2 Å². The molecule has 1 saturated carbocycles. The molecule has 0 bridgehead atoms. The third-order valence-electron chi connectivity index (χ3n) is 8.34. The molecule has 1 aliphatic heterocycles. The zero-order chi connectivity index (χ0) is 27.8. The highest BCUT2D eigenvalue weighted by Gasteiger charge is 2.64. The number of phenols is 1. The molecule has 1 amide bonds. The van der Waals surface area contributed by atoms with Gasteiger partial charge in [-0.1, -0.05) is 0 Å². The number of aliphatic hydroxyl groups excluding tert-OH is 2. The number of aromatic hydroxyl groups is 1. The number of benzene rings is 1. The average Bonchev–Trinajstić information content (AvgIpc) is 3.23. The molecule has 38 heavy (non-hydrogen) atoms. The van der Waals surface area contributed by atoms with Crippen molar-refractivity contribution >= 4 is 23.2 Å². The zero-order valence-corrected chi connectivity index (χ0v) is 20.9. The van der Waals surface area contributed by atoms with E-state index in [1.807, 2.05) is 0 Å². The Balaban J connectivity index is 1.64. The van der Waals surface area contributed by atoms with Crippen molar-refractivity contribution in [2.24, 2.45) is 17.6 Å². The highest BCUT2D eigenvalue weighted by atomic mass is 19.1. The summed E-state index contributed by atoms with van der Waals surface area (Å²) in [5.74, 6) is -8.60. The van der Waals surface area contributed by atoms with Crippen LogP contribution < -0.4 is 5.73 Å². The van der Waals surface area contributed by atoms with Crippen molar-refractivity contribution in [3.8, 4) is 5.75 Å². The Bertz CT molecular complexity index is 1340. The van der Waals surface area contributed by atoms with Gasteiger partial charge in [0.2, 0.25) is 5.78 Å². The Morgan fingerprint density at radius 3 is 2.53 bits per heavy atom. The van der Waals surface area contributed by atoms with Crippen LogP contribution >= 0.6 is 0 Å². The first-order valence-corrected chi connectivity index (χ1v) is 12.3. The number of hydrogen-bond donors (Lipinski definition) is 5. The monoisotopic (exact) mass is 533 g/mol. The molecule has 4 aliphatic rings. The molecule has 1 heterocycles. The van der Waals surface area contributed by atoms with Crippen LogP contribution in [0.5, 0.6) is 5.75 Å². The molecule has 1 saturated heterocycles. The van der Waals surface area contributed by atoms with E-state index < -0.39 is 75.8 Å². The summed E-state index contributed by atoms with van der Waals surface area (Å²) < 4.78 is 29.4. The number of amides is 1. The summed E-state index contributed by atoms with van der Waals surface area (Å²) in [5, 5.41) is 44.3. The van der Waals surface area contributed by atoms with Gasteiger partial charge in [-0.3, -0.25) is 24.2 Å².